The van der Waals surface area contributed by atoms with E-state index < -0.39 is 0 Å². The van der Waals surface area contributed by atoms with Crippen molar-refractivity contribution in [3.05, 3.63) is 53.5 Å². The van der Waals surface area contributed by atoms with Gasteiger partial charge in [-0.1, -0.05) is 6.07 Å². The zero-order valence-electron chi connectivity index (χ0n) is 15.0. The van der Waals surface area contributed by atoms with Gasteiger partial charge in [0.15, 0.2) is 17.3 Å². The van der Waals surface area contributed by atoms with Gasteiger partial charge in [0.2, 0.25) is 0 Å². The molecule has 0 aliphatic rings. The molecule has 0 aromatic carbocycles. The fourth-order valence-electron chi connectivity index (χ4n) is 3.01. The third kappa shape index (κ3) is 2.79. The molecule has 132 valence electrons. The molecule has 8 heteroatoms. The number of hydrogen-bond acceptors (Lipinski definition) is 6. The third-order valence-corrected chi connectivity index (χ3v) is 4.28. The normalized spacial score (nSPS) is 11.3. The third-order valence-electron chi connectivity index (χ3n) is 4.28. The van der Waals surface area contributed by atoms with Gasteiger partial charge in [0.25, 0.3) is 0 Å². The van der Waals surface area contributed by atoms with E-state index in [2.05, 4.69) is 25.0 Å². The molecule has 4 heterocycles. The summed E-state index contributed by atoms with van der Waals surface area (Å²) in [6.07, 6.45) is 4.12. The molecular formula is C18H20N8. The van der Waals surface area contributed by atoms with Crippen LogP contribution in [0.25, 0.3) is 17.0 Å². The van der Waals surface area contributed by atoms with Crippen molar-refractivity contribution in [1.29, 1.82) is 0 Å². The second kappa shape index (κ2) is 6.21. The number of hydrogen-bond donors (Lipinski definition) is 1. The highest BCUT2D eigenvalue weighted by molar-refractivity contribution is 5.81. The van der Waals surface area contributed by atoms with Crippen molar-refractivity contribution in [3.8, 4) is 5.82 Å². The Bertz CT molecular complexity index is 1070. The van der Waals surface area contributed by atoms with Crippen LogP contribution in [0.2, 0.25) is 0 Å². The molecule has 0 atom stereocenters. The van der Waals surface area contributed by atoms with E-state index >= 15 is 0 Å². The monoisotopic (exact) mass is 348 g/mol. The molecule has 0 unspecified atom stereocenters. The molecule has 2 N–H and O–H groups in total. The van der Waals surface area contributed by atoms with Crippen molar-refractivity contribution in [2.24, 2.45) is 0 Å². The first-order valence-corrected chi connectivity index (χ1v) is 8.51. The number of rotatable bonds is 4. The first-order valence-electron chi connectivity index (χ1n) is 8.51. The average molecular weight is 348 g/mol. The summed E-state index contributed by atoms with van der Waals surface area (Å²) in [6, 6.07) is 5.99. The highest BCUT2D eigenvalue weighted by Gasteiger charge is 2.11. The van der Waals surface area contributed by atoms with Crippen LogP contribution in [0.1, 0.15) is 29.7 Å². The van der Waals surface area contributed by atoms with Crippen LogP contribution in [0.3, 0.4) is 0 Å². The predicted molar refractivity (Wildman–Crippen MR) is 99.0 cm³/mol. The Labute approximate surface area is 150 Å². The van der Waals surface area contributed by atoms with Crippen LogP contribution in [-0.4, -0.2) is 34.3 Å². The maximum absolute atomic E-state index is 6.04. The lowest BCUT2D eigenvalue weighted by Crippen LogP contribution is -2.05. The summed E-state index contributed by atoms with van der Waals surface area (Å²) < 4.78 is 3.79. The van der Waals surface area contributed by atoms with E-state index in [9.17, 15) is 0 Å². The van der Waals surface area contributed by atoms with Gasteiger partial charge in [-0.2, -0.15) is 5.10 Å². The van der Waals surface area contributed by atoms with Crippen molar-refractivity contribution < 1.29 is 0 Å². The van der Waals surface area contributed by atoms with Crippen molar-refractivity contribution in [1.82, 2.24) is 34.3 Å². The van der Waals surface area contributed by atoms with Crippen LogP contribution >= 0.6 is 0 Å². The molecular weight excluding hydrogens is 328 g/mol. The van der Waals surface area contributed by atoms with Gasteiger partial charge in [0, 0.05) is 24.9 Å². The largest absolute Gasteiger partial charge is 0.382 e. The molecule has 0 saturated heterocycles. The van der Waals surface area contributed by atoms with Gasteiger partial charge in [0.05, 0.1) is 12.0 Å². The Hall–Kier alpha value is -3.29. The van der Waals surface area contributed by atoms with E-state index in [-0.39, 0.29) is 0 Å². The number of fused-ring (bicyclic) bond motifs is 1. The van der Waals surface area contributed by atoms with E-state index in [0.717, 1.165) is 35.0 Å². The number of imidazole rings is 1. The van der Waals surface area contributed by atoms with Gasteiger partial charge in [-0.15, -0.1) is 0 Å². The minimum absolute atomic E-state index is 0.407. The number of pyridine rings is 1. The SMILES string of the molecule is CCn1cnc2c(N)nc(Cc3ccc(-n4nc(C)cc4C)nc3)nc21. The lowest BCUT2D eigenvalue weighted by molar-refractivity contribution is 0.773. The molecule has 0 aliphatic carbocycles. The van der Waals surface area contributed by atoms with Crippen LogP contribution in [0.5, 0.6) is 0 Å². The quantitative estimate of drug-likeness (QED) is 0.607. The molecule has 4 rings (SSSR count). The molecule has 8 nitrogen and oxygen atoms in total. The minimum atomic E-state index is 0.407. The summed E-state index contributed by atoms with van der Waals surface area (Å²) in [6.45, 7) is 6.81. The summed E-state index contributed by atoms with van der Waals surface area (Å²) in [5.41, 5.74) is 10.5. The van der Waals surface area contributed by atoms with E-state index in [4.69, 9.17) is 5.73 Å². The topological polar surface area (TPSA) is 100 Å². The summed E-state index contributed by atoms with van der Waals surface area (Å²) >= 11 is 0. The van der Waals surface area contributed by atoms with E-state index in [0.29, 0.717) is 23.6 Å². The van der Waals surface area contributed by atoms with Crippen LogP contribution in [-0.2, 0) is 13.0 Å². The molecule has 0 aliphatic heterocycles. The lowest BCUT2D eigenvalue weighted by atomic mass is 10.2. The summed E-state index contributed by atoms with van der Waals surface area (Å²) in [4.78, 5) is 17.8. The standard InChI is InChI=1S/C18H20N8/c1-4-25-10-21-16-17(19)22-14(23-18(16)25)8-13-5-6-15(20-9-13)26-12(3)7-11(2)24-26/h5-7,9-10H,4,8H2,1-3H3,(H2,19,22,23). The van der Waals surface area contributed by atoms with Gasteiger partial charge in [-0.3, -0.25) is 0 Å². The molecule has 0 bridgehead atoms. The second-order valence-corrected chi connectivity index (χ2v) is 6.27. The molecule has 0 saturated carbocycles. The maximum Gasteiger partial charge on any atom is 0.165 e. The number of aromatic nitrogens is 7. The Morgan fingerprint density at radius 2 is 1.96 bits per heavy atom. The first-order chi connectivity index (χ1) is 12.5. The zero-order valence-corrected chi connectivity index (χ0v) is 15.0. The van der Waals surface area contributed by atoms with Gasteiger partial charge in [-0.05, 0) is 38.5 Å². The van der Waals surface area contributed by atoms with Gasteiger partial charge < -0.3 is 10.3 Å². The average Bonchev–Trinajstić information content (AvgIpc) is 3.18. The van der Waals surface area contributed by atoms with Crippen molar-refractivity contribution >= 4 is 17.0 Å². The molecule has 4 aromatic heterocycles. The van der Waals surface area contributed by atoms with E-state index in [1.54, 1.807) is 6.33 Å². The Balaban J connectivity index is 1.63. The molecule has 0 spiro atoms. The number of nitrogen functional groups attached to an aromatic ring is 1. The Morgan fingerprint density at radius 3 is 2.62 bits per heavy atom. The summed E-state index contributed by atoms with van der Waals surface area (Å²) in [5.74, 6) is 1.86. The van der Waals surface area contributed by atoms with E-state index in [1.807, 2.05) is 54.4 Å². The smallest absolute Gasteiger partial charge is 0.165 e. The number of nitrogens with zero attached hydrogens (tertiary/aromatic N) is 7. The Morgan fingerprint density at radius 1 is 1.12 bits per heavy atom. The lowest BCUT2D eigenvalue weighted by Gasteiger charge is -2.06. The van der Waals surface area contributed by atoms with Crippen LogP contribution in [0.15, 0.2) is 30.7 Å². The predicted octanol–water partition coefficient (Wildman–Crippen LogP) is 2.22. The molecule has 0 fully saturated rings. The van der Waals surface area contributed by atoms with Crippen LogP contribution in [0, 0.1) is 13.8 Å². The summed E-state index contributed by atoms with van der Waals surface area (Å²) in [7, 11) is 0. The van der Waals surface area contributed by atoms with E-state index in [1.165, 1.54) is 0 Å². The Kier molecular flexibility index (Phi) is 3.87. The zero-order chi connectivity index (χ0) is 18.3. The second-order valence-electron chi connectivity index (χ2n) is 6.27. The van der Waals surface area contributed by atoms with Gasteiger partial charge in [0.1, 0.15) is 11.3 Å². The number of aryl methyl sites for hydroxylation is 3. The fourth-order valence-corrected chi connectivity index (χ4v) is 3.01. The van der Waals surface area contributed by atoms with Gasteiger partial charge >= 0.3 is 0 Å². The highest BCUT2D eigenvalue weighted by atomic mass is 15.3. The number of nitrogens with two attached hydrogens (primary N) is 1. The fraction of sp³-hybridized carbons (Fsp3) is 0.278. The molecule has 26 heavy (non-hydrogen) atoms. The van der Waals surface area contributed by atoms with Crippen LogP contribution < -0.4 is 5.73 Å². The molecule has 0 radical (unpaired) electrons. The van der Waals surface area contributed by atoms with Crippen molar-refractivity contribution in [3.63, 3.8) is 0 Å². The number of anilines is 1. The molecule has 4 aromatic rings. The highest BCUT2D eigenvalue weighted by Crippen LogP contribution is 2.18. The molecule has 0 amide bonds. The van der Waals surface area contributed by atoms with Crippen molar-refractivity contribution in [2.45, 2.75) is 33.7 Å². The first kappa shape index (κ1) is 16.2. The van der Waals surface area contributed by atoms with Crippen molar-refractivity contribution in [2.75, 3.05) is 5.73 Å². The maximum atomic E-state index is 6.04. The minimum Gasteiger partial charge on any atom is -0.382 e. The van der Waals surface area contributed by atoms with Gasteiger partial charge in [-0.25, -0.2) is 24.6 Å². The summed E-state index contributed by atoms with van der Waals surface area (Å²) in [5, 5.41) is 4.46. The van der Waals surface area contributed by atoms with Crippen LogP contribution in [0.4, 0.5) is 5.82 Å².